The summed E-state index contributed by atoms with van der Waals surface area (Å²) in [7, 11) is 0. The van der Waals surface area contributed by atoms with Crippen molar-refractivity contribution in [1.29, 1.82) is 0 Å². The summed E-state index contributed by atoms with van der Waals surface area (Å²) in [6.07, 6.45) is 2.59. The Labute approximate surface area is 82.1 Å². The summed E-state index contributed by atoms with van der Waals surface area (Å²) in [6, 6.07) is -0.953. The maximum atomic E-state index is 11.2. The molecule has 0 radical (unpaired) electrons. The van der Waals surface area contributed by atoms with Crippen molar-refractivity contribution in [2.24, 2.45) is 5.92 Å². The van der Waals surface area contributed by atoms with Gasteiger partial charge in [0.15, 0.2) is 0 Å². The van der Waals surface area contributed by atoms with Gasteiger partial charge in [-0.3, -0.25) is 4.79 Å². The molecule has 0 unspecified atom stereocenters. The highest BCUT2D eigenvalue weighted by Crippen LogP contribution is 2.32. The number of amides is 1. The molecule has 1 aliphatic carbocycles. The molecule has 0 heterocycles. The van der Waals surface area contributed by atoms with E-state index < -0.39 is 12.0 Å². The van der Waals surface area contributed by atoms with E-state index in [9.17, 15) is 9.59 Å². The molecular weight excluding hydrogens is 186 g/mol. The zero-order valence-corrected chi connectivity index (χ0v) is 7.90. The van der Waals surface area contributed by atoms with E-state index in [0.29, 0.717) is 12.3 Å². The van der Waals surface area contributed by atoms with Gasteiger partial charge in [0.25, 0.3) is 0 Å². The van der Waals surface area contributed by atoms with Crippen molar-refractivity contribution in [1.82, 2.24) is 5.32 Å². The molecule has 5 nitrogen and oxygen atoms in total. The molecule has 14 heavy (non-hydrogen) atoms. The van der Waals surface area contributed by atoms with Crippen molar-refractivity contribution in [3.8, 4) is 0 Å². The van der Waals surface area contributed by atoms with Crippen LogP contribution in [0.5, 0.6) is 0 Å². The van der Waals surface area contributed by atoms with Crippen molar-refractivity contribution >= 4 is 11.9 Å². The number of aliphatic hydroxyl groups is 1. The second kappa shape index (κ2) is 4.95. The van der Waals surface area contributed by atoms with E-state index in [-0.39, 0.29) is 18.9 Å². The van der Waals surface area contributed by atoms with Crippen LogP contribution in [-0.4, -0.2) is 34.7 Å². The summed E-state index contributed by atoms with van der Waals surface area (Å²) >= 11 is 0. The second-order valence-corrected chi connectivity index (χ2v) is 3.62. The Balaban J connectivity index is 2.29. The fraction of sp³-hybridized carbons (Fsp3) is 0.778. The van der Waals surface area contributed by atoms with E-state index in [1.807, 2.05) is 0 Å². The molecule has 0 aromatic carbocycles. The first-order valence-electron chi connectivity index (χ1n) is 4.76. The number of carbonyl (C=O) groups excluding carboxylic acids is 1. The highest BCUT2D eigenvalue weighted by atomic mass is 16.4. The van der Waals surface area contributed by atoms with E-state index in [4.69, 9.17) is 10.2 Å². The molecule has 1 saturated carbocycles. The predicted molar refractivity (Wildman–Crippen MR) is 48.6 cm³/mol. The molecule has 0 aromatic rings. The number of carbonyl (C=O) groups is 2. The van der Waals surface area contributed by atoms with Gasteiger partial charge >= 0.3 is 5.97 Å². The van der Waals surface area contributed by atoms with Crippen LogP contribution in [-0.2, 0) is 9.59 Å². The highest BCUT2D eigenvalue weighted by Gasteiger charge is 2.26. The molecule has 1 atom stereocenters. The van der Waals surface area contributed by atoms with Crippen LogP contribution in [0.3, 0.4) is 0 Å². The molecule has 3 N–H and O–H groups in total. The molecule has 0 aliphatic heterocycles. The van der Waals surface area contributed by atoms with Gasteiger partial charge in [-0.05, 0) is 18.8 Å². The summed E-state index contributed by atoms with van der Waals surface area (Å²) in [5.74, 6) is -0.880. The monoisotopic (exact) mass is 201 g/mol. The minimum atomic E-state index is -1.09. The lowest BCUT2D eigenvalue weighted by Gasteiger charge is -2.12. The van der Waals surface area contributed by atoms with Crippen molar-refractivity contribution in [2.75, 3.05) is 6.61 Å². The normalized spacial score (nSPS) is 17.5. The van der Waals surface area contributed by atoms with Gasteiger partial charge in [-0.1, -0.05) is 0 Å². The van der Waals surface area contributed by atoms with E-state index >= 15 is 0 Å². The minimum Gasteiger partial charge on any atom is -0.480 e. The molecular formula is C9H15NO4. The van der Waals surface area contributed by atoms with Crippen LogP contribution in [0.1, 0.15) is 25.7 Å². The number of hydrogen-bond acceptors (Lipinski definition) is 3. The molecule has 1 aliphatic rings. The maximum Gasteiger partial charge on any atom is 0.326 e. The van der Waals surface area contributed by atoms with E-state index in [0.717, 1.165) is 12.8 Å². The summed E-state index contributed by atoms with van der Waals surface area (Å²) in [5.41, 5.74) is 0. The molecule has 1 rings (SSSR count). The van der Waals surface area contributed by atoms with Gasteiger partial charge in [-0.25, -0.2) is 4.79 Å². The number of hydrogen-bond donors (Lipinski definition) is 3. The Bertz CT molecular complexity index is 225. The van der Waals surface area contributed by atoms with Crippen LogP contribution in [0.2, 0.25) is 0 Å². The van der Waals surface area contributed by atoms with Crippen LogP contribution in [0.25, 0.3) is 0 Å². The number of carboxylic acids is 1. The number of aliphatic carboxylic acids is 1. The molecule has 80 valence electrons. The first kappa shape index (κ1) is 11.0. The van der Waals surface area contributed by atoms with E-state index in [1.165, 1.54) is 0 Å². The van der Waals surface area contributed by atoms with Gasteiger partial charge in [-0.2, -0.15) is 0 Å². The van der Waals surface area contributed by atoms with Crippen LogP contribution in [0.15, 0.2) is 0 Å². The van der Waals surface area contributed by atoms with Crippen molar-refractivity contribution in [2.45, 2.75) is 31.7 Å². The Morgan fingerprint density at radius 2 is 2.07 bits per heavy atom. The average Bonchev–Trinajstić information content (AvgIpc) is 2.87. The Morgan fingerprint density at radius 1 is 1.43 bits per heavy atom. The number of carboxylic acid groups (broad SMARTS) is 1. The number of rotatable bonds is 6. The summed E-state index contributed by atoms with van der Waals surface area (Å²) in [5, 5.41) is 19.6. The summed E-state index contributed by atoms with van der Waals surface area (Å²) < 4.78 is 0. The van der Waals surface area contributed by atoms with Crippen molar-refractivity contribution in [3.05, 3.63) is 0 Å². The standard InChI is InChI=1S/C9H15NO4/c11-4-3-7(9(13)14)10-8(12)5-6-1-2-6/h6-7,11H,1-5H2,(H,10,12)(H,13,14)/t7-/m1/s1. The summed E-state index contributed by atoms with van der Waals surface area (Å²) in [4.78, 5) is 21.8. The zero-order valence-electron chi connectivity index (χ0n) is 7.90. The van der Waals surface area contributed by atoms with Crippen LogP contribution >= 0.6 is 0 Å². The Kier molecular flexibility index (Phi) is 3.88. The lowest BCUT2D eigenvalue weighted by atomic mass is 10.2. The third-order valence-corrected chi connectivity index (χ3v) is 2.22. The number of nitrogens with one attached hydrogen (secondary N) is 1. The largest absolute Gasteiger partial charge is 0.480 e. The molecule has 5 heteroatoms. The van der Waals surface area contributed by atoms with Gasteiger partial charge in [-0.15, -0.1) is 0 Å². The van der Waals surface area contributed by atoms with Crippen LogP contribution in [0.4, 0.5) is 0 Å². The molecule has 0 saturated heterocycles. The zero-order chi connectivity index (χ0) is 10.6. The van der Waals surface area contributed by atoms with Crippen molar-refractivity contribution in [3.63, 3.8) is 0 Å². The Hall–Kier alpha value is -1.10. The Morgan fingerprint density at radius 3 is 2.50 bits per heavy atom. The highest BCUT2D eigenvalue weighted by molar-refractivity contribution is 5.83. The SMILES string of the molecule is O=C(CC1CC1)N[C@H](CCO)C(=O)O. The first-order valence-corrected chi connectivity index (χ1v) is 4.76. The minimum absolute atomic E-state index is 0.0613. The lowest BCUT2D eigenvalue weighted by molar-refractivity contribution is -0.142. The fourth-order valence-electron chi connectivity index (χ4n) is 1.22. The average molecular weight is 201 g/mol. The summed E-state index contributed by atoms with van der Waals surface area (Å²) in [6.45, 7) is -0.235. The molecule has 1 fully saturated rings. The maximum absolute atomic E-state index is 11.2. The van der Waals surface area contributed by atoms with Gasteiger partial charge in [0.1, 0.15) is 6.04 Å². The fourth-order valence-corrected chi connectivity index (χ4v) is 1.22. The van der Waals surface area contributed by atoms with Gasteiger partial charge in [0, 0.05) is 19.4 Å². The smallest absolute Gasteiger partial charge is 0.326 e. The predicted octanol–water partition coefficient (Wildman–Crippen LogP) is -0.262. The van der Waals surface area contributed by atoms with Crippen LogP contribution < -0.4 is 5.32 Å². The number of aliphatic hydroxyl groups excluding tert-OH is 1. The second-order valence-electron chi connectivity index (χ2n) is 3.62. The third-order valence-electron chi connectivity index (χ3n) is 2.22. The third kappa shape index (κ3) is 3.74. The van der Waals surface area contributed by atoms with E-state index in [2.05, 4.69) is 5.32 Å². The van der Waals surface area contributed by atoms with Gasteiger partial charge in [0.05, 0.1) is 0 Å². The van der Waals surface area contributed by atoms with Crippen LogP contribution in [0, 0.1) is 5.92 Å². The molecule has 0 spiro atoms. The van der Waals surface area contributed by atoms with Crippen molar-refractivity contribution < 1.29 is 19.8 Å². The molecule has 0 bridgehead atoms. The topological polar surface area (TPSA) is 86.6 Å². The first-order chi connectivity index (χ1) is 6.63. The lowest BCUT2D eigenvalue weighted by Crippen LogP contribution is -2.41. The molecule has 1 amide bonds. The van der Waals surface area contributed by atoms with E-state index in [1.54, 1.807) is 0 Å². The quantitative estimate of drug-likeness (QED) is 0.552. The van der Waals surface area contributed by atoms with Gasteiger partial charge in [0.2, 0.25) is 5.91 Å². The van der Waals surface area contributed by atoms with Gasteiger partial charge < -0.3 is 15.5 Å². The molecule has 0 aromatic heterocycles.